The molecule has 2 nitrogen and oxygen atoms in total. The minimum Gasteiger partial charge on any atom is -0.385 e. The molecular formula is C14H29NO. The lowest BCUT2D eigenvalue weighted by molar-refractivity contribution is 0.158. The SMILES string of the molecule is CCNC1CCCCC(C(C)CCOC)C1. The van der Waals surface area contributed by atoms with E-state index in [4.69, 9.17) is 4.74 Å². The molecule has 0 heterocycles. The van der Waals surface area contributed by atoms with E-state index in [0.717, 1.165) is 31.0 Å². The van der Waals surface area contributed by atoms with Gasteiger partial charge < -0.3 is 10.1 Å². The predicted octanol–water partition coefficient (Wildman–Crippen LogP) is 3.22. The monoisotopic (exact) mass is 227 g/mol. The van der Waals surface area contributed by atoms with Gasteiger partial charge in [-0.05, 0) is 37.6 Å². The number of rotatable bonds is 6. The third-order valence-electron chi connectivity index (χ3n) is 4.04. The van der Waals surface area contributed by atoms with Crippen molar-refractivity contribution in [1.29, 1.82) is 0 Å². The van der Waals surface area contributed by atoms with E-state index in [1.54, 1.807) is 7.11 Å². The minimum absolute atomic E-state index is 0.766. The second kappa shape index (κ2) is 8.08. The Labute approximate surface area is 101 Å². The number of methoxy groups -OCH3 is 1. The van der Waals surface area contributed by atoms with E-state index in [1.165, 1.54) is 38.5 Å². The van der Waals surface area contributed by atoms with Crippen LogP contribution in [0.5, 0.6) is 0 Å². The van der Waals surface area contributed by atoms with Crippen LogP contribution >= 0.6 is 0 Å². The first-order valence-corrected chi connectivity index (χ1v) is 7.00. The third kappa shape index (κ3) is 4.84. The largest absolute Gasteiger partial charge is 0.385 e. The highest BCUT2D eigenvalue weighted by atomic mass is 16.5. The average Bonchev–Trinajstić information content (AvgIpc) is 2.52. The van der Waals surface area contributed by atoms with E-state index in [0.29, 0.717) is 0 Å². The van der Waals surface area contributed by atoms with E-state index < -0.39 is 0 Å². The third-order valence-corrected chi connectivity index (χ3v) is 4.04. The number of hydrogen-bond donors (Lipinski definition) is 1. The molecule has 0 saturated heterocycles. The molecule has 1 aliphatic rings. The molecule has 1 fully saturated rings. The average molecular weight is 227 g/mol. The van der Waals surface area contributed by atoms with Crippen LogP contribution in [0.15, 0.2) is 0 Å². The number of ether oxygens (including phenoxy) is 1. The van der Waals surface area contributed by atoms with Crippen molar-refractivity contribution < 1.29 is 4.74 Å². The fourth-order valence-corrected chi connectivity index (χ4v) is 2.93. The van der Waals surface area contributed by atoms with Crippen LogP contribution in [-0.4, -0.2) is 26.3 Å². The summed E-state index contributed by atoms with van der Waals surface area (Å²) >= 11 is 0. The lowest BCUT2D eigenvalue weighted by Gasteiger charge is -2.26. The highest BCUT2D eigenvalue weighted by Crippen LogP contribution is 2.30. The van der Waals surface area contributed by atoms with Crippen LogP contribution in [0.25, 0.3) is 0 Å². The van der Waals surface area contributed by atoms with Gasteiger partial charge in [0.05, 0.1) is 0 Å². The van der Waals surface area contributed by atoms with Crippen LogP contribution < -0.4 is 5.32 Å². The Morgan fingerprint density at radius 2 is 2.06 bits per heavy atom. The van der Waals surface area contributed by atoms with Crippen LogP contribution in [0.4, 0.5) is 0 Å². The number of nitrogens with one attached hydrogen (secondary N) is 1. The lowest BCUT2D eigenvalue weighted by Crippen LogP contribution is -2.31. The first-order valence-electron chi connectivity index (χ1n) is 7.00. The maximum atomic E-state index is 5.19. The molecule has 1 N–H and O–H groups in total. The van der Waals surface area contributed by atoms with Crippen molar-refractivity contribution in [3.05, 3.63) is 0 Å². The van der Waals surface area contributed by atoms with Crippen molar-refractivity contribution in [2.45, 2.75) is 58.4 Å². The number of hydrogen-bond acceptors (Lipinski definition) is 2. The van der Waals surface area contributed by atoms with Gasteiger partial charge >= 0.3 is 0 Å². The molecule has 16 heavy (non-hydrogen) atoms. The van der Waals surface area contributed by atoms with Gasteiger partial charge in [0.2, 0.25) is 0 Å². The van der Waals surface area contributed by atoms with Crippen molar-refractivity contribution in [3.8, 4) is 0 Å². The van der Waals surface area contributed by atoms with E-state index in [1.807, 2.05) is 0 Å². The smallest absolute Gasteiger partial charge is 0.0464 e. The molecular weight excluding hydrogens is 198 g/mol. The summed E-state index contributed by atoms with van der Waals surface area (Å²) in [5.41, 5.74) is 0. The van der Waals surface area contributed by atoms with Crippen molar-refractivity contribution in [3.63, 3.8) is 0 Å². The fourth-order valence-electron chi connectivity index (χ4n) is 2.93. The Morgan fingerprint density at radius 1 is 1.31 bits per heavy atom. The summed E-state index contributed by atoms with van der Waals surface area (Å²) in [6.07, 6.45) is 8.22. The van der Waals surface area contributed by atoms with Crippen molar-refractivity contribution in [1.82, 2.24) is 5.32 Å². The first kappa shape index (κ1) is 14.0. The van der Waals surface area contributed by atoms with Crippen LogP contribution in [0.1, 0.15) is 52.4 Å². The molecule has 0 aromatic rings. The van der Waals surface area contributed by atoms with Gasteiger partial charge in [0.15, 0.2) is 0 Å². The Hall–Kier alpha value is -0.0800. The van der Waals surface area contributed by atoms with Crippen LogP contribution in [0.3, 0.4) is 0 Å². The molecule has 96 valence electrons. The molecule has 0 amide bonds. The molecule has 0 aromatic heterocycles. The van der Waals surface area contributed by atoms with E-state index in [9.17, 15) is 0 Å². The molecule has 1 rings (SSSR count). The van der Waals surface area contributed by atoms with Crippen LogP contribution in [0, 0.1) is 11.8 Å². The van der Waals surface area contributed by atoms with Gasteiger partial charge in [0.25, 0.3) is 0 Å². The second-order valence-electron chi connectivity index (χ2n) is 5.29. The van der Waals surface area contributed by atoms with E-state index >= 15 is 0 Å². The Balaban J connectivity index is 2.37. The summed E-state index contributed by atoms with van der Waals surface area (Å²) in [5, 5.41) is 3.63. The lowest BCUT2D eigenvalue weighted by atomic mass is 9.84. The summed E-state index contributed by atoms with van der Waals surface area (Å²) in [6, 6.07) is 0.766. The molecule has 1 saturated carbocycles. The molecule has 2 heteroatoms. The standard InChI is InChI=1S/C14H29NO/c1-4-15-14-8-6-5-7-13(11-14)12(2)9-10-16-3/h12-15H,4-11H2,1-3H3. The molecule has 3 unspecified atom stereocenters. The zero-order valence-corrected chi connectivity index (χ0v) is 11.3. The van der Waals surface area contributed by atoms with Gasteiger partial charge in [0.1, 0.15) is 0 Å². The first-order chi connectivity index (χ1) is 7.77. The summed E-state index contributed by atoms with van der Waals surface area (Å²) in [6.45, 7) is 6.65. The Kier molecular flexibility index (Phi) is 7.06. The van der Waals surface area contributed by atoms with Gasteiger partial charge in [-0.15, -0.1) is 0 Å². The second-order valence-corrected chi connectivity index (χ2v) is 5.29. The van der Waals surface area contributed by atoms with Crippen LogP contribution in [-0.2, 0) is 4.74 Å². The topological polar surface area (TPSA) is 21.3 Å². The fraction of sp³-hybridized carbons (Fsp3) is 1.00. The maximum absolute atomic E-state index is 5.19. The van der Waals surface area contributed by atoms with Crippen molar-refractivity contribution in [2.24, 2.45) is 11.8 Å². The zero-order chi connectivity index (χ0) is 11.8. The predicted molar refractivity (Wildman–Crippen MR) is 69.7 cm³/mol. The highest BCUT2D eigenvalue weighted by Gasteiger charge is 2.23. The van der Waals surface area contributed by atoms with Crippen molar-refractivity contribution >= 4 is 0 Å². The molecule has 0 aromatic carbocycles. The van der Waals surface area contributed by atoms with Crippen molar-refractivity contribution in [2.75, 3.05) is 20.3 Å². The normalized spacial score (nSPS) is 28.7. The molecule has 0 radical (unpaired) electrons. The van der Waals surface area contributed by atoms with Gasteiger partial charge in [-0.1, -0.05) is 33.1 Å². The summed E-state index contributed by atoms with van der Waals surface area (Å²) in [5.74, 6) is 1.72. The zero-order valence-electron chi connectivity index (χ0n) is 11.3. The van der Waals surface area contributed by atoms with E-state index in [-0.39, 0.29) is 0 Å². The maximum Gasteiger partial charge on any atom is 0.0464 e. The van der Waals surface area contributed by atoms with Crippen LogP contribution in [0.2, 0.25) is 0 Å². The van der Waals surface area contributed by atoms with Gasteiger partial charge in [0, 0.05) is 19.8 Å². The Morgan fingerprint density at radius 3 is 2.75 bits per heavy atom. The minimum atomic E-state index is 0.766. The molecule has 0 spiro atoms. The summed E-state index contributed by atoms with van der Waals surface area (Å²) < 4.78 is 5.19. The van der Waals surface area contributed by atoms with Gasteiger partial charge in [-0.3, -0.25) is 0 Å². The Bertz CT molecular complexity index is 172. The molecule has 3 atom stereocenters. The summed E-state index contributed by atoms with van der Waals surface area (Å²) in [7, 11) is 1.81. The van der Waals surface area contributed by atoms with Gasteiger partial charge in [-0.25, -0.2) is 0 Å². The quantitative estimate of drug-likeness (QED) is 0.704. The molecule has 0 aliphatic heterocycles. The van der Waals surface area contributed by atoms with E-state index in [2.05, 4.69) is 19.2 Å². The molecule has 0 bridgehead atoms. The molecule has 1 aliphatic carbocycles. The van der Waals surface area contributed by atoms with Gasteiger partial charge in [-0.2, -0.15) is 0 Å². The highest BCUT2D eigenvalue weighted by molar-refractivity contribution is 4.78. The summed E-state index contributed by atoms with van der Waals surface area (Å²) in [4.78, 5) is 0.